The van der Waals surface area contributed by atoms with Gasteiger partial charge in [0, 0.05) is 11.1 Å². The molecule has 2 aromatic carbocycles. The summed E-state index contributed by atoms with van der Waals surface area (Å²) in [4.78, 5) is 0. The zero-order valence-electron chi connectivity index (χ0n) is 12.6. The van der Waals surface area contributed by atoms with Crippen LogP contribution in [0.1, 0.15) is 12.5 Å². The summed E-state index contributed by atoms with van der Waals surface area (Å²) in [5.74, 6) is 1.45. The van der Waals surface area contributed by atoms with Gasteiger partial charge in [-0.1, -0.05) is 42.5 Å². The standard InChI is InChI=1S/C17H16N4OS/c1-2-22-15-11-7-6-10-14(15)12-18-21-16(19-20-17(21)23)13-8-4-3-5-9-13/h3-12H,2H2,1H3,(H,20,23)/b18-12+. The highest BCUT2D eigenvalue weighted by molar-refractivity contribution is 7.71. The van der Waals surface area contributed by atoms with Crippen LogP contribution in [0.15, 0.2) is 59.7 Å². The van der Waals surface area contributed by atoms with E-state index < -0.39 is 0 Å². The van der Waals surface area contributed by atoms with E-state index in [1.54, 1.807) is 10.9 Å². The van der Waals surface area contributed by atoms with Crippen molar-refractivity contribution < 1.29 is 4.74 Å². The van der Waals surface area contributed by atoms with Crippen LogP contribution < -0.4 is 4.74 Å². The smallest absolute Gasteiger partial charge is 0.216 e. The van der Waals surface area contributed by atoms with Crippen LogP contribution in [-0.2, 0) is 0 Å². The van der Waals surface area contributed by atoms with Crippen LogP contribution in [0.3, 0.4) is 0 Å². The first-order valence-corrected chi connectivity index (χ1v) is 7.69. The first-order chi connectivity index (χ1) is 11.3. The summed E-state index contributed by atoms with van der Waals surface area (Å²) < 4.78 is 7.65. The van der Waals surface area contributed by atoms with Gasteiger partial charge in [-0.05, 0) is 31.3 Å². The molecule has 3 aromatic rings. The molecule has 0 unspecified atom stereocenters. The predicted octanol–water partition coefficient (Wildman–Crippen LogP) is 3.89. The fourth-order valence-corrected chi connectivity index (χ4v) is 2.35. The summed E-state index contributed by atoms with van der Waals surface area (Å²) in [7, 11) is 0. The van der Waals surface area contributed by atoms with Crippen LogP contribution in [0.5, 0.6) is 5.75 Å². The van der Waals surface area contributed by atoms with E-state index in [0.29, 0.717) is 17.2 Å². The average molecular weight is 324 g/mol. The minimum absolute atomic E-state index is 0.439. The second kappa shape index (κ2) is 7.02. The molecule has 0 saturated heterocycles. The first-order valence-electron chi connectivity index (χ1n) is 7.28. The Kier molecular flexibility index (Phi) is 4.63. The number of rotatable bonds is 5. The molecular formula is C17H16N4OS. The van der Waals surface area contributed by atoms with Gasteiger partial charge < -0.3 is 4.74 Å². The van der Waals surface area contributed by atoms with Crippen LogP contribution in [-0.4, -0.2) is 27.7 Å². The zero-order chi connectivity index (χ0) is 16.1. The predicted molar refractivity (Wildman–Crippen MR) is 93.5 cm³/mol. The minimum atomic E-state index is 0.439. The van der Waals surface area contributed by atoms with Crippen LogP contribution >= 0.6 is 12.2 Å². The number of para-hydroxylation sites is 1. The monoisotopic (exact) mass is 324 g/mol. The van der Waals surface area contributed by atoms with Gasteiger partial charge in [0.25, 0.3) is 0 Å². The van der Waals surface area contributed by atoms with Crippen LogP contribution in [0, 0.1) is 4.77 Å². The van der Waals surface area contributed by atoms with Gasteiger partial charge in [0.2, 0.25) is 4.77 Å². The molecular weight excluding hydrogens is 308 g/mol. The van der Waals surface area contributed by atoms with E-state index in [9.17, 15) is 0 Å². The first kappa shape index (κ1) is 15.2. The largest absolute Gasteiger partial charge is 0.493 e. The number of aromatic amines is 1. The van der Waals surface area contributed by atoms with Crippen LogP contribution in [0.4, 0.5) is 0 Å². The van der Waals surface area contributed by atoms with Gasteiger partial charge in [-0.25, -0.2) is 5.10 Å². The molecule has 0 aliphatic carbocycles. The lowest BCUT2D eigenvalue weighted by molar-refractivity contribution is 0.340. The van der Waals surface area contributed by atoms with Gasteiger partial charge in [0.15, 0.2) is 5.82 Å². The Balaban J connectivity index is 1.98. The van der Waals surface area contributed by atoms with E-state index in [0.717, 1.165) is 16.9 Å². The maximum absolute atomic E-state index is 5.60. The third-order valence-electron chi connectivity index (χ3n) is 3.21. The van der Waals surface area contributed by atoms with Gasteiger partial charge in [0.05, 0.1) is 12.8 Å². The highest BCUT2D eigenvalue weighted by atomic mass is 32.1. The Bertz CT molecular complexity index is 868. The molecule has 0 amide bonds. The fourth-order valence-electron chi connectivity index (χ4n) is 2.17. The van der Waals surface area contributed by atoms with Crippen molar-refractivity contribution in [1.82, 2.24) is 14.9 Å². The molecule has 0 spiro atoms. The molecule has 0 aliphatic rings. The SMILES string of the molecule is CCOc1ccccc1/C=N/n1c(-c2ccccc2)n[nH]c1=S. The molecule has 6 heteroatoms. The quantitative estimate of drug-likeness (QED) is 0.572. The minimum Gasteiger partial charge on any atom is -0.493 e. The molecule has 1 heterocycles. The summed E-state index contributed by atoms with van der Waals surface area (Å²) in [6, 6.07) is 17.5. The number of hydrogen-bond donors (Lipinski definition) is 1. The molecule has 0 radical (unpaired) electrons. The van der Waals surface area contributed by atoms with Crippen molar-refractivity contribution in [2.75, 3.05) is 6.61 Å². The van der Waals surface area contributed by atoms with Gasteiger partial charge in [-0.15, -0.1) is 0 Å². The maximum atomic E-state index is 5.60. The summed E-state index contributed by atoms with van der Waals surface area (Å²) in [6.45, 7) is 2.55. The summed E-state index contributed by atoms with van der Waals surface area (Å²) in [6.07, 6.45) is 1.72. The molecule has 5 nitrogen and oxygen atoms in total. The van der Waals surface area contributed by atoms with Crippen molar-refractivity contribution >= 4 is 18.4 Å². The highest BCUT2D eigenvalue weighted by Gasteiger charge is 2.07. The Hall–Kier alpha value is -2.73. The molecule has 0 saturated carbocycles. The number of H-pyrrole nitrogens is 1. The van der Waals surface area contributed by atoms with E-state index in [2.05, 4.69) is 15.3 Å². The summed E-state index contributed by atoms with van der Waals surface area (Å²) in [5, 5.41) is 11.5. The summed E-state index contributed by atoms with van der Waals surface area (Å²) >= 11 is 5.27. The molecule has 1 aromatic heterocycles. The van der Waals surface area contributed by atoms with Gasteiger partial charge in [-0.2, -0.15) is 14.9 Å². The molecule has 0 atom stereocenters. The lowest BCUT2D eigenvalue weighted by atomic mass is 10.2. The number of benzene rings is 2. The van der Waals surface area contributed by atoms with Gasteiger partial charge >= 0.3 is 0 Å². The van der Waals surface area contributed by atoms with Crippen molar-refractivity contribution in [2.45, 2.75) is 6.92 Å². The third kappa shape index (κ3) is 3.37. The van der Waals surface area contributed by atoms with Crippen LogP contribution in [0.2, 0.25) is 0 Å². The Morgan fingerprint density at radius 3 is 2.70 bits per heavy atom. The van der Waals surface area contributed by atoms with E-state index in [4.69, 9.17) is 17.0 Å². The zero-order valence-corrected chi connectivity index (χ0v) is 13.5. The van der Waals surface area contributed by atoms with Crippen molar-refractivity contribution in [3.63, 3.8) is 0 Å². The number of ether oxygens (including phenoxy) is 1. The topological polar surface area (TPSA) is 55.2 Å². The van der Waals surface area contributed by atoms with E-state index in [1.165, 1.54) is 0 Å². The molecule has 116 valence electrons. The lowest BCUT2D eigenvalue weighted by Gasteiger charge is -2.06. The Morgan fingerprint density at radius 2 is 1.91 bits per heavy atom. The molecule has 0 aliphatic heterocycles. The van der Waals surface area contributed by atoms with Crippen molar-refractivity contribution in [2.24, 2.45) is 5.10 Å². The van der Waals surface area contributed by atoms with Crippen molar-refractivity contribution in [3.8, 4) is 17.1 Å². The number of hydrogen-bond acceptors (Lipinski definition) is 4. The number of aromatic nitrogens is 3. The van der Waals surface area contributed by atoms with Gasteiger partial charge in [0.1, 0.15) is 5.75 Å². The normalized spacial score (nSPS) is 11.0. The third-order valence-corrected chi connectivity index (χ3v) is 3.48. The second-order valence-corrected chi connectivity index (χ2v) is 5.13. The van der Waals surface area contributed by atoms with E-state index in [1.807, 2.05) is 61.5 Å². The molecule has 23 heavy (non-hydrogen) atoms. The van der Waals surface area contributed by atoms with Crippen molar-refractivity contribution in [1.29, 1.82) is 0 Å². The second-order valence-electron chi connectivity index (χ2n) is 4.75. The number of nitrogens with one attached hydrogen (secondary N) is 1. The molecule has 0 fully saturated rings. The molecule has 3 rings (SSSR count). The Labute approximate surface area is 139 Å². The van der Waals surface area contributed by atoms with E-state index in [-0.39, 0.29) is 0 Å². The number of nitrogens with zero attached hydrogens (tertiary/aromatic N) is 3. The van der Waals surface area contributed by atoms with Crippen LogP contribution in [0.25, 0.3) is 11.4 Å². The average Bonchev–Trinajstić information content (AvgIpc) is 2.96. The lowest BCUT2D eigenvalue weighted by Crippen LogP contribution is -1.98. The summed E-state index contributed by atoms with van der Waals surface area (Å²) in [5.41, 5.74) is 1.83. The van der Waals surface area contributed by atoms with Gasteiger partial charge in [-0.3, -0.25) is 0 Å². The Morgan fingerprint density at radius 1 is 1.17 bits per heavy atom. The van der Waals surface area contributed by atoms with E-state index >= 15 is 0 Å². The fraction of sp³-hybridized carbons (Fsp3) is 0.118. The molecule has 1 N–H and O–H groups in total. The highest BCUT2D eigenvalue weighted by Crippen LogP contribution is 2.18. The van der Waals surface area contributed by atoms with Crippen molar-refractivity contribution in [3.05, 3.63) is 64.9 Å². The molecule has 0 bridgehead atoms. The maximum Gasteiger partial charge on any atom is 0.216 e.